The first-order valence-electron chi connectivity index (χ1n) is 4.75. The molecule has 0 saturated heterocycles. The van der Waals surface area contributed by atoms with Crippen molar-refractivity contribution in [3.8, 4) is 0 Å². The minimum absolute atomic E-state index is 0.197. The summed E-state index contributed by atoms with van der Waals surface area (Å²) in [5.74, 6) is -0.859. The van der Waals surface area contributed by atoms with Crippen molar-refractivity contribution in [3.05, 3.63) is 30.1 Å². The second-order valence-electron chi connectivity index (χ2n) is 3.63. The molecule has 0 fully saturated rings. The Kier molecular flexibility index (Phi) is 3.63. The Morgan fingerprint density at radius 1 is 1.50 bits per heavy atom. The van der Waals surface area contributed by atoms with Crippen LogP contribution in [0, 0.1) is 5.92 Å². The molecule has 3 nitrogen and oxygen atoms in total. The van der Waals surface area contributed by atoms with Crippen LogP contribution in [0.1, 0.15) is 31.9 Å². The van der Waals surface area contributed by atoms with E-state index in [0.717, 1.165) is 5.69 Å². The average Bonchev–Trinajstić information content (AvgIpc) is 2.19. The zero-order chi connectivity index (χ0) is 10.6. The topological polar surface area (TPSA) is 50.2 Å². The highest BCUT2D eigenvalue weighted by atomic mass is 16.4. The monoisotopic (exact) mass is 193 g/mol. The number of carbonyl (C=O) groups is 1. The van der Waals surface area contributed by atoms with Crippen molar-refractivity contribution in [3.63, 3.8) is 0 Å². The van der Waals surface area contributed by atoms with Crippen LogP contribution in [0.15, 0.2) is 24.4 Å². The van der Waals surface area contributed by atoms with E-state index in [1.54, 1.807) is 13.1 Å². The van der Waals surface area contributed by atoms with Gasteiger partial charge in [-0.15, -0.1) is 0 Å². The number of hydrogen-bond acceptors (Lipinski definition) is 2. The fourth-order valence-corrected chi connectivity index (χ4v) is 1.42. The fourth-order valence-electron chi connectivity index (χ4n) is 1.42. The summed E-state index contributed by atoms with van der Waals surface area (Å²) in [7, 11) is 0. The minimum atomic E-state index is -0.743. The molecule has 0 bridgehead atoms. The molecule has 1 rings (SSSR count). The number of rotatable bonds is 4. The van der Waals surface area contributed by atoms with Crippen LogP contribution in [0.2, 0.25) is 0 Å². The van der Waals surface area contributed by atoms with Crippen LogP contribution >= 0.6 is 0 Å². The maximum atomic E-state index is 10.6. The van der Waals surface area contributed by atoms with Crippen molar-refractivity contribution in [1.29, 1.82) is 0 Å². The van der Waals surface area contributed by atoms with Gasteiger partial charge in [-0.2, -0.15) is 0 Å². The third kappa shape index (κ3) is 2.83. The molecule has 2 atom stereocenters. The van der Waals surface area contributed by atoms with Gasteiger partial charge in [-0.25, -0.2) is 0 Å². The molecule has 0 saturated carbocycles. The smallest absolute Gasteiger partial charge is 0.306 e. The maximum absolute atomic E-state index is 10.6. The molecule has 14 heavy (non-hydrogen) atoms. The molecule has 0 aromatic carbocycles. The van der Waals surface area contributed by atoms with Crippen molar-refractivity contribution in [2.45, 2.75) is 26.2 Å². The maximum Gasteiger partial charge on any atom is 0.306 e. The minimum Gasteiger partial charge on any atom is -0.481 e. The lowest BCUT2D eigenvalue weighted by atomic mass is 9.94. The highest BCUT2D eigenvalue weighted by Crippen LogP contribution is 2.21. The lowest BCUT2D eigenvalue weighted by Gasteiger charge is -2.13. The quantitative estimate of drug-likeness (QED) is 0.798. The highest BCUT2D eigenvalue weighted by molar-refractivity contribution is 5.69. The van der Waals surface area contributed by atoms with Gasteiger partial charge in [-0.05, 0) is 24.5 Å². The van der Waals surface area contributed by atoms with E-state index in [9.17, 15) is 4.79 Å². The number of pyridine rings is 1. The molecular formula is C11H15NO2. The van der Waals surface area contributed by atoms with Gasteiger partial charge >= 0.3 is 5.97 Å². The summed E-state index contributed by atoms with van der Waals surface area (Å²) in [6, 6.07) is 5.71. The third-order valence-electron chi connectivity index (χ3n) is 2.32. The Labute approximate surface area is 83.8 Å². The van der Waals surface area contributed by atoms with E-state index in [0.29, 0.717) is 6.42 Å². The van der Waals surface area contributed by atoms with E-state index in [-0.39, 0.29) is 11.8 Å². The van der Waals surface area contributed by atoms with Gasteiger partial charge in [-0.3, -0.25) is 9.78 Å². The van der Waals surface area contributed by atoms with Crippen LogP contribution in [0.5, 0.6) is 0 Å². The lowest BCUT2D eigenvalue weighted by Crippen LogP contribution is -2.12. The molecule has 1 heterocycles. The summed E-state index contributed by atoms with van der Waals surface area (Å²) in [5.41, 5.74) is 0.959. The van der Waals surface area contributed by atoms with Crippen molar-refractivity contribution in [2.75, 3.05) is 0 Å². The Bertz CT molecular complexity index is 297. The van der Waals surface area contributed by atoms with Crippen molar-refractivity contribution in [1.82, 2.24) is 4.98 Å². The van der Waals surface area contributed by atoms with E-state index in [4.69, 9.17) is 5.11 Å². The largest absolute Gasteiger partial charge is 0.481 e. The van der Waals surface area contributed by atoms with E-state index in [1.807, 2.05) is 25.1 Å². The van der Waals surface area contributed by atoms with Crippen LogP contribution in [0.25, 0.3) is 0 Å². The summed E-state index contributed by atoms with van der Waals surface area (Å²) >= 11 is 0. The molecule has 0 aliphatic carbocycles. The molecule has 1 aromatic heterocycles. The molecule has 0 amide bonds. The van der Waals surface area contributed by atoms with Gasteiger partial charge in [0.25, 0.3) is 0 Å². The van der Waals surface area contributed by atoms with Gasteiger partial charge < -0.3 is 5.11 Å². The molecule has 2 unspecified atom stereocenters. The number of nitrogens with zero attached hydrogens (tertiary/aromatic N) is 1. The standard InChI is InChI=1S/C11H15NO2/c1-8(7-9(2)11(13)14)10-5-3-4-6-12-10/h3-6,8-9H,7H2,1-2H3,(H,13,14). The summed E-state index contributed by atoms with van der Waals surface area (Å²) in [6.07, 6.45) is 2.36. The number of hydrogen-bond donors (Lipinski definition) is 1. The van der Waals surface area contributed by atoms with Crippen molar-refractivity contribution >= 4 is 5.97 Å². The van der Waals surface area contributed by atoms with Crippen LogP contribution in [-0.4, -0.2) is 16.1 Å². The van der Waals surface area contributed by atoms with Crippen LogP contribution < -0.4 is 0 Å². The molecule has 0 aliphatic heterocycles. The average molecular weight is 193 g/mol. The molecule has 0 spiro atoms. The Morgan fingerprint density at radius 3 is 2.71 bits per heavy atom. The predicted octanol–water partition coefficient (Wildman–Crippen LogP) is 2.30. The second-order valence-corrected chi connectivity index (χ2v) is 3.63. The first kappa shape index (κ1) is 10.7. The van der Waals surface area contributed by atoms with E-state index < -0.39 is 5.97 Å². The van der Waals surface area contributed by atoms with Gasteiger partial charge in [0.15, 0.2) is 0 Å². The Balaban J connectivity index is 2.59. The molecule has 3 heteroatoms. The van der Waals surface area contributed by atoms with Gasteiger partial charge in [0, 0.05) is 11.9 Å². The SMILES string of the molecule is CC(CC(C)c1ccccn1)C(=O)O. The van der Waals surface area contributed by atoms with E-state index in [1.165, 1.54) is 0 Å². The van der Waals surface area contributed by atoms with Crippen LogP contribution in [0.4, 0.5) is 0 Å². The summed E-state index contributed by atoms with van der Waals surface area (Å²) in [4.78, 5) is 14.8. The Morgan fingerprint density at radius 2 is 2.21 bits per heavy atom. The predicted molar refractivity (Wildman–Crippen MR) is 54.1 cm³/mol. The normalized spacial score (nSPS) is 14.7. The van der Waals surface area contributed by atoms with Crippen LogP contribution in [-0.2, 0) is 4.79 Å². The lowest BCUT2D eigenvalue weighted by molar-refractivity contribution is -0.141. The first-order valence-corrected chi connectivity index (χ1v) is 4.75. The fraction of sp³-hybridized carbons (Fsp3) is 0.455. The van der Waals surface area contributed by atoms with Gasteiger partial charge in [-0.1, -0.05) is 19.9 Å². The summed E-state index contributed by atoms with van der Waals surface area (Å²) < 4.78 is 0. The number of aliphatic carboxylic acids is 1. The van der Waals surface area contributed by atoms with Crippen LogP contribution in [0.3, 0.4) is 0 Å². The zero-order valence-corrected chi connectivity index (χ0v) is 8.47. The molecule has 0 aliphatic rings. The molecule has 1 aromatic rings. The van der Waals surface area contributed by atoms with Gasteiger partial charge in [0.1, 0.15) is 0 Å². The second kappa shape index (κ2) is 4.74. The summed E-state index contributed by atoms with van der Waals surface area (Å²) in [6.45, 7) is 3.73. The van der Waals surface area contributed by atoms with Crippen molar-refractivity contribution in [2.24, 2.45) is 5.92 Å². The molecule has 1 N–H and O–H groups in total. The Hall–Kier alpha value is -1.38. The van der Waals surface area contributed by atoms with E-state index >= 15 is 0 Å². The molecule has 0 radical (unpaired) electrons. The first-order chi connectivity index (χ1) is 6.61. The molecule has 76 valence electrons. The number of aromatic nitrogens is 1. The number of carboxylic acids is 1. The number of carboxylic acid groups (broad SMARTS) is 1. The third-order valence-corrected chi connectivity index (χ3v) is 2.32. The highest BCUT2D eigenvalue weighted by Gasteiger charge is 2.16. The van der Waals surface area contributed by atoms with Gasteiger partial charge in [0.05, 0.1) is 5.92 Å². The zero-order valence-electron chi connectivity index (χ0n) is 8.47. The molecular weight excluding hydrogens is 178 g/mol. The summed E-state index contributed by atoms with van der Waals surface area (Å²) in [5, 5.41) is 8.76. The van der Waals surface area contributed by atoms with Crippen molar-refractivity contribution < 1.29 is 9.90 Å². The van der Waals surface area contributed by atoms with Gasteiger partial charge in [0.2, 0.25) is 0 Å². The van der Waals surface area contributed by atoms with E-state index in [2.05, 4.69) is 4.98 Å².